The number of hydrogen-bond donors (Lipinski definition) is 3. The van der Waals surface area contributed by atoms with Gasteiger partial charge < -0.3 is 19.9 Å². The minimum absolute atomic E-state index is 0.0172. The Balaban J connectivity index is 2.74. The van der Waals surface area contributed by atoms with Crippen LogP contribution < -0.4 is 5.32 Å². The number of aliphatic hydroxyl groups excluding tert-OH is 1. The first-order valence-corrected chi connectivity index (χ1v) is 7.28. The number of furan rings is 1. The van der Waals surface area contributed by atoms with Gasteiger partial charge in [-0.15, -0.1) is 0 Å². The van der Waals surface area contributed by atoms with E-state index in [0.29, 0.717) is 0 Å². The minimum atomic E-state index is -5.06. The summed E-state index contributed by atoms with van der Waals surface area (Å²) < 4.78 is 44.4. The van der Waals surface area contributed by atoms with Gasteiger partial charge in [-0.25, -0.2) is 0 Å². The maximum absolute atomic E-state index is 13.2. The second kappa shape index (κ2) is 7.35. The molecule has 0 saturated heterocycles. The molecule has 0 fully saturated rings. The third-order valence-electron chi connectivity index (χ3n) is 3.57. The SMILES string of the molecule is Cc1ccc(C(O)(CC(=O)NCCC(O)C(C)C)C(F)(F)F)o1. The van der Waals surface area contributed by atoms with Crippen LogP contribution in [0.5, 0.6) is 0 Å². The topological polar surface area (TPSA) is 82.7 Å². The van der Waals surface area contributed by atoms with Gasteiger partial charge in [-0.1, -0.05) is 13.8 Å². The molecule has 0 bridgehead atoms. The zero-order valence-corrected chi connectivity index (χ0v) is 13.3. The zero-order chi connectivity index (χ0) is 17.8. The lowest BCUT2D eigenvalue weighted by molar-refractivity contribution is -0.273. The van der Waals surface area contributed by atoms with Crippen LogP contribution in [0.4, 0.5) is 13.2 Å². The largest absolute Gasteiger partial charge is 0.463 e. The first kappa shape index (κ1) is 19.5. The molecule has 1 aromatic rings. The van der Waals surface area contributed by atoms with E-state index >= 15 is 0 Å². The van der Waals surface area contributed by atoms with E-state index in [1.165, 1.54) is 13.0 Å². The van der Waals surface area contributed by atoms with Crippen molar-refractivity contribution in [2.24, 2.45) is 5.92 Å². The van der Waals surface area contributed by atoms with Crippen LogP contribution >= 0.6 is 0 Å². The van der Waals surface area contributed by atoms with Crippen LogP contribution in [0.15, 0.2) is 16.5 Å². The molecule has 132 valence electrons. The molecular weight excluding hydrogens is 315 g/mol. The fourth-order valence-electron chi connectivity index (χ4n) is 1.97. The van der Waals surface area contributed by atoms with Crippen LogP contribution in [0.3, 0.4) is 0 Å². The lowest BCUT2D eigenvalue weighted by Crippen LogP contribution is -2.46. The predicted molar refractivity (Wildman–Crippen MR) is 76.5 cm³/mol. The van der Waals surface area contributed by atoms with E-state index in [-0.39, 0.29) is 24.6 Å². The van der Waals surface area contributed by atoms with Crippen LogP contribution in [-0.4, -0.2) is 34.9 Å². The smallest absolute Gasteiger partial charge is 0.425 e. The third-order valence-corrected chi connectivity index (χ3v) is 3.57. The van der Waals surface area contributed by atoms with Crippen molar-refractivity contribution in [1.82, 2.24) is 5.32 Å². The molecule has 5 nitrogen and oxygen atoms in total. The van der Waals surface area contributed by atoms with Crippen LogP contribution in [0.25, 0.3) is 0 Å². The van der Waals surface area contributed by atoms with Gasteiger partial charge in [0.2, 0.25) is 11.5 Å². The van der Waals surface area contributed by atoms with Crippen molar-refractivity contribution < 1.29 is 32.6 Å². The Morgan fingerprint density at radius 3 is 2.39 bits per heavy atom. The highest BCUT2D eigenvalue weighted by molar-refractivity contribution is 5.77. The third kappa shape index (κ3) is 4.97. The van der Waals surface area contributed by atoms with Crippen LogP contribution in [-0.2, 0) is 10.4 Å². The number of carbonyl (C=O) groups is 1. The summed E-state index contributed by atoms with van der Waals surface area (Å²) in [6.45, 7) is 5.03. The number of nitrogens with one attached hydrogen (secondary N) is 1. The summed E-state index contributed by atoms with van der Waals surface area (Å²) >= 11 is 0. The van der Waals surface area contributed by atoms with Crippen molar-refractivity contribution in [1.29, 1.82) is 0 Å². The molecular formula is C15H22F3NO4. The van der Waals surface area contributed by atoms with Crippen molar-refractivity contribution in [2.45, 2.75) is 51.5 Å². The maximum Gasteiger partial charge on any atom is 0.425 e. The molecule has 3 N–H and O–H groups in total. The van der Waals surface area contributed by atoms with E-state index in [0.717, 1.165) is 6.07 Å². The number of alkyl halides is 3. The summed E-state index contributed by atoms with van der Waals surface area (Å²) in [5.41, 5.74) is -3.39. The molecule has 0 aromatic carbocycles. The van der Waals surface area contributed by atoms with E-state index < -0.39 is 36.0 Å². The van der Waals surface area contributed by atoms with Gasteiger partial charge in [-0.2, -0.15) is 13.2 Å². The number of hydrogen-bond acceptors (Lipinski definition) is 4. The Labute approximate surface area is 132 Å². The number of aliphatic hydroxyl groups is 2. The van der Waals surface area contributed by atoms with Crippen LogP contribution in [0.1, 0.15) is 38.2 Å². The molecule has 0 aliphatic heterocycles. The molecule has 23 heavy (non-hydrogen) atoms. The second-order valence-electron chi connectivity index (χ2n) is 5.90. The van der Waals surface area contributed by atoms with Gasteiger partial charge in [0, 0.05) is 6.54 Å². The molecule has 0 aliphatic rings. The normalized spacial score (nSPS) is 16.2. The molecule has 1 aromatic heterocycles. The maximum atomic E-state index is 13.2. The summed E-state index contributed by atoms with van der Waals surface area (Å²) in [5.74, 6) is -1.53. The highest BCUT2D eigenvalue weighted by atomic mass is 19.4. The van der Waals surface area contributed by atoms with Gasteiger partial charge in [0.15, 0.2) is 0 Å². The molecule has 0 spiro atoms. The zero-order valence-electron chi connectivity index (χ0n) is 13.3. The van der Waals surface area contributed by atoms with Gasteiger partial charge >= 0.3 is 6.18 Å². The van der Waals surface area contributed by atoms with Crippen LogP contribution in [0, 0.1) is 12.8 Å². The quantitative estimate of drug-likeness (QED) is 0.713. The summed E-state index contributed by atoms with van der Waals surface area (Å²) in [5, 5.41) is 21.8. The summed E-state index contributed by atoms with van der Waals surface area (Å²) in [7, 11) is 0. The van der Waals surface area contributed by atoms with Crippen molar-refractivity contribution in [2.75, 3.05) is 6.54 Å². The van der Waals surface area contributed by atoms with Crippen molar-refractivity contribution in [3.05, 3.63) is 23.7 Å². The van der Waals surface area contributed by atoms with Crippen molar-refractivity contribution in [3.63, 3.8) is 0 Å². The Kier molecular flexibility index (Phi) is 6.24. The lowest BCUT2D eigenvalue weighted by atomic mass is 9.95. The average molecular weight is 337 g/mol. The Hall–Kier alpha value is -1.54. The Morgan fingerprint density at radius 1 is 1.35 bits per heavy atom. The number of amides is 1. The summed E-state index contributed by atoms with van der Waals surface area (Å²) in [6, 6.07) is 2.28. The molecule has 0 radical (unpaired) electrons. The highest BCUT2D eigenvalue weighted by Gasteiger charge is 2.58. The van der Waals surface area contributed by atoms with Crippen molar-refractivity contribution in [3.8, 4) is 0 Å². The molecule has 0 saturated carbocycles. The second-order valence-corrected chi connectivity index (χ2v) is 5.90. The number of carbonyl (C=O) groups excluding carboxylic acids is 1. The number of rotatable bonds is 7. The lowest BCUT2D eigenvalue weighted by Gasteiger charge is -2.28. The summed E-state index contributed by atoms with van der Waals surface area (Å²) in [6.07, 6.45) is -6.72. The highest BCUT2D eigenvalue weighted by Crippen LogP contribution is 2.42. The van der Waals surface area contributed by atoms with Crippen LogP contribution in [0.2, 0.25) is 0 Å². The number of halogens is 3. The fraction of sp³-hybridized carbons (Fsp3) is 0.667. The Bertz CT molecular complexity index is 527. The van der Waals surface area contributed by atoms with Gasteiger partial charge in [-0.3, -0.25) is 4.79 Å². The van der Waals surface area contributed by atoms with Crippen molar-refractivity contribution >= 4 is 5.91 Å². The number of aryl methyl sites for hydroxylation is 1. The predicted octanol–water partition coefficient (Wildman–Crippen LogP) is 2.25. The van der Waals surface area contributed by atoms with Gasteiger partial charge in [0.1, 0.15) is 11.5 Å². The average Bonchev–Trinajstić information content (AvgIpc) is 2.84. The molecule has 2 unspecified atom stereocenters. The first-order valence-electron chi connectivity index (χ1n) is 7.28. The standard InChI is InChI=1S/C15H22F3NO4/c1-9(2)11(20)6-7-19-13(21)8-14(22,15(16,17)18)12-5-4-10(3)23-12/h4-5,9,11,20,22H,6-8H2,1-3H3,(H,19,21). The Morgan fingerprint density at radius 2 is 1.96 bits per heavy atom. The van der Waals surface area contributed by atoms with E-state index in [4.69, 9.17) is 4.42 Å². The molecule has 8 heteroatoms. The molecule has 1 amide bonds. The minimum Gasteiger partial charge on any atom is -0.463 e. The molecule has 2 atom stereocenters. The van der Waals surface area contributed by atoms with E-state index in [2.05, 4.69) is 5.32 Å². The monoisotopic (exact) mass is 337 g/mol. The van der Waals surface area contributed by atoms with E-state index in [1.807, 2.05) is 0 Å². The van der Waals surface area contributed by atoms with Gasteiger partial charge in [-0.05, 0) is 31.4 Å². The molecule has 1 heterocycles. The van der Waals surface area contributed by atoms with E-state index in [1.54, 1.807) is 13.8 Å². The summed E-state index contributed by atoms with van der Waals surface area (Å²) in [4.78, 5) is 11.7. The van der Waals surface area contributed by atoms with Gasteiger partial charge in [0.05, 0.1) is 12.5 Å². The first-order chi connectivity index (χ1) is 10.5. The molecule has 0 aliphatic carbocycles. The fourth-order valence-corrected chi connectivity index (χ4v) is 1.97. The van der Waals surface area contributed by atoms with E-state index in [9.17, 15) is 28.2 Å². The molecule has 1 rings (SSSR count). The van der Waals surface area contributed by atoms with Gasteiger partial charge in [0.25, 0.3) is 0 Å².